The Hall–Kier alpha value is -2.37. The number of hydrogen-bond acceptors (Lipinski definition) is 3. The van der Waals surface area contributed by atoms with Crippen LogP contribution >= 0.6 is 0 Å². The van der Waals surface area contributed by atoms with E-state index in [1.54, 1.807) is 24.1 Å². The number of fused-ring (bicyclic) bond motifs is 5. The summed E-state index contributed by atoms with van der Waals surface area (Å²) in [4.78, 5) is 27.2. The van der Waals surface area contributed by atoms with Crippen molar-refractivity contribution in [1.82, 2.24) is 4.90 Å². The number of anilines is 2. The van der Waals surface area contributed by atoms with Gasteiger partial charge in [0.05, 0.1) is 11.4 Å². The Morgan fingerprint density at radius 3 is 2.62 bits per heavy atom. The summed E-state index contributed by atoms with van der Waals surface area (Å²) in [5, 5.41) is 3.08. The first-order valence-corrected chi connectivity index (χ1v) is 12.0. The maximum atomic E-state index is 14.6. The summed E-state index contributed by atoms with van der Waals surface area (Å²) in [7, 11) is 1.75. The predicted molar refractivity (Wildman–Crippen MR) is 123 cm³/mol. The molecule has 3 fully saturated rings. The van der Waals surface area contributed by atoms with Crippen molar-refractivity contribution < 1.29 is 14.0 Å². The van der Waals surface area contributed by atoms with Crippen LogP contribution in [0.15, 0.2) is 36.2 Å². The van der Waals surface area contributed by atoms with E-state index in [9.17, 15) is 14.0 Å². The van der Waals surface area contributed by atoms with Crippen LogP contribution in [0, 0.1) is 34.5 Å². The van der Waals surface area contributed by atoms with E-state index >= 15 is 0 Å². The number of carbonyl (C=O) groups excluding carboxylic acids is 2. The van der Waals surface area contributed by atoms with Gasteiger partial charge in [0.1, 0.15) is 0 Å². The van der Waals surface area contributed by atoms with Gasteiger partial charge in [0, 0.05) is 24.4 Å². The highest BCUT2D eigenvalue weighted by atomic mass is 19.1. The molecule has 0 spiro atoms. The monoisotopic (exact) mass is 439 g/mol. The Labute approximate surface area is 189 Å². The zero-order valence-electron chi connectivity index (χ0n) is 19.2. The second-order valence-corrected chi connectivity index (χ2v) is 11.0. The zero-order chi connectivity index (χ0) is 22.8. The number of nitrogens with two attached hydrogens (primary N) is 1. The fourth-order valence-electron chi connectivity index (χ4n) is 8.09. The van der Waals surface area contributed by atoms with Crippen molar-refractivity contribution in [2.45, 2.75) is 58.4 Å². The molecule has 3 N–H and O–H groups in total. The maximum absolute atomic E-state index is 14.6. The van der Waals surface area contributed by atoms with Crippen molar-refractivity contribution >= 4 is 23.2 Å². The van der Waals surface area contributed by atoms with E-state index in [-0.39, 0.29) is 28.7 Å². The first kappa shape index (κ1) is 21.5. The largest absolute Gasteiger partial charge is 0.397 e. The van der Waals surface area contributed by atoms with Gasteiger partial charge in [-0.2, -0.15) is 0 Å². The molecule has 4 aliphatic rings. The van der Waals surface area contributed by atoms with E-state index in [0.29, 0.717) is 29.1 Å². The third-order valence-corrected chi connectivity index (χ3v) is 9.69. The van der Waals surface area contributed by atoms with Crippen molar-refractivity contribution in [2.75, 3.05) is 18.1 Å². The molecule has 0 bridgehead atoms. The van der Waals surface area contributed by atoms with Crippen molar-refractivity contribution in [3.63, 3.8) is 0 Å². The summed E-state index contributed by atoms with van der Waals surface area (Å²) in [5.74, 6) is 0.185. The minimum atomic E-state index is -0.607. The number of benzene rings is 1. The van der Waals surface area contributed by atoms with E-state index in [1.807, 2.05) is 18.2 Å². The topological polar surface area (TPSA) is 75.4 Å². The fraction of sp³-hybridized carbons (Fsp3) is 0.615. The Bertz CT molecular complexity index is 993. The van der Waals surface area contributed by atoms with Crippen LogP contribution in [0.25, 0.3) is 0 Å². The third-order valence-electron chi connectivity index (χ3n) is 9.69. The number of amides is 2. The second kappa shape index (κ2) is 7.32. The van der Waals surface area contributed by atoms with Gasteiger partial charge >= 0.3 is 0 Å². The molecule has 0 aromatic heterocycles. The molecular formula is C26H34FN3O2. The first-order valence-electron chi connectivity index (χ1n) is 12.0. The van der Waals surface area contributed by atoms with Crippen LogP contribution in [0.2, 0.25) is 0 Å². The molecule has 0 radical (unpaired) electrons. The number of carbonyl (C=O) groups is 2. The Kier molecular flexibility index (Phi) is 4.91. The van der Waals surface area contributed by atoms with Crippen molar-refractivity contribution in [2.24, 2.45) is 34.5 Å². The van der Waals surface area contributed by atoms with Gasteiger partial charge in [0.25, 0.3) is 5.91 Å². The highest BCUT2D eigenvalue weighted by Gasteiger charge is 2.62. The molecule has 172 valence electrons. The lowest BCUT2D eigenvalue weighted by atomic mass is 9.47. The van der Waals surface area contributed by atoms with Gasteiger partial charge in [-0.15, -0.1) is 0 Å². The smallest absolute Gasteiger partial charge is 0.282 e. The molecule has 1 aliphatic heterocycles. The molecule has 1 heterocycles. The molecule has 1 aromatic rings. The number of nitrogens with zero attached hydrogens (tertiary/aromatic N) is 1. The molecule has 3 saturated carbocycles. The number of rotatable bonds is 2. The minimum absolute atomic E-state index is 0.0403. The van der Waals surface area contributed by atoms with Crippen LogP contribution in [0.4, 0.5) is 15.8 Å². The van der Waals surface area contributed by atoms with Gasteiger partial charge in [0.2, 0.25) is 5.91 Å². The van der Waals surface area contributed by atoms with Crippen LogP contribution in [0.5, 0.6) is 0 Å². The molecule has 0 saturated heterocycles. The summed E-state index contributed by atoms with van der Waals surface area (Å²) < 4.78 is 14.6. The highest BCUT2D eigenvalue weighted by molar-refractivity contribution is 5.96. The maximum Gasteiger partial charge on any atom is 0.282 e. The Morgan fingerprint density at radius 1 is 1.12 bits per heavy atom. The van der Waals surface area contributed by atoms with Crippen LogP contribution in [-0.4, -0.2) is 29.8 Å². The standard InChI is InChI=1S/C26H34FN3O2/c1-25-13-12-17-15(8-11-22-26(17,2)14-19(27)24(32)30(22)3)16(25)9-10-18(25)23(31)29-21-7-5-4-6-20(21)28/h4-7,14-18,22H,8-13,28H2,1-3H3,(H,29,31)/t15?,16-,17?,18+,22+,25-,26+/m0/s1. The molecule has 2 amide bonds. The van der Waals surface area contributed by atoms with Crippen molar-refractivity contribution in [3.05, 3.63) is 36.2 Å². The first-order chi connectivity index (χ1) is 15.2. The van der Waals surface area contributed by atoms with Gasteiger partial charge in [-0.3, -0.25) is 9.59 Å². The molecule has 5 nitrogen and oxygen atoms in total. The van der Waals surface area contributed by atoms with Crippen molar-refractivity contribution in [1.29, 1.82) is 0 Å². The molecule has 2 unspecified atom stereocenters. The summed E-state index contributed by atoms with van der Waals surface area (Å²) in [6, 6.07) is 7.46. The Balaban J connectivity index is 1.40. The van der Waals surface area contributed by atoms with Crippen molar-refractivity contribution in [3.8, 4) is 0 Å². The number of para-hydroxylation sites is 2. The molecule has 6 heteroatoms. The number of halogens is 1. The lowest BCUT2D eigenvalue weighted by Gasteiger charge is -2.60. The van der Waals surface area contributed by atoms with Crippen LogP contribution in [0.3, 0.4) is 0 Å². The van der Waals surface area contributed by atoms with Crippen LogP contribution in [0.1, 0.15) is 52.4 Å². The SMILES string of the molecule is CN1C(=O)C(F)=C[C@]2(C)C3CC[C@]4(C)[C@@H](C(=O)Nc5ccccc5N)CC[C@H]4C3CC[C@@H]12. The molecular weight excluding hydrogens is 405 g/mol. The van der Waals surface area contributed by atoms with Gasteiger partial charge in [-0.25, -0.2) is 4.39 Å². The minimum Gasteiger partial charge on any atom is -0.397 e. The Morgan fingerprint density at radius 2 is 1.88 bits per heavy atom. The normalized spacial score (nSPS) is 40.8. The summed E-state index contributed by atoms with van der Waals surface area (Å²) >= 11 is 0. The van der Waals surface area contributed by atoms with E-state index in [1.165, 1.54) is 0 Å². The van der Waals surface area contributed by atoms with Gasteiger partial charge in [-0.1, -0.05) is 26.0 Å². The average molecular weight is 440 g/mol. The molecule has 5 rings (SSSR count). The van der Waals surface area contributed by atoms with E-state index < -0.39 is 11.7 Å². The van der Waals surface area contributed by atoms with Crippen LogP contribution < -0.4 is 11.1 Å². The van der Waals surface area contributed by atoms with Gasteiger partial charge < -0.3 is 16.0 Å². The van der Waals surface area contributed by atoms with E-state index in [4.69, 9.17) is 5.73 Å². The predicted octanol–water partition coefficient (Wildman–Crippen LogP) is 4.76. The molecule has 32 heavy (non-hydrogen) atoms. The van der Waals surface area contributed by atoms with E-state index in [0.717, 1.165) is 38.5 Å². The van der Waals surface area contributed by atoms with Gasteiger partial charge in [0.15, 0.2) is 5.83 Å². The number of nitrogens with one attached hydrogen (secondary N) is 1. The van der Waals surface area contributed by atoms with Gasteiger partial charge in [-0.05, 0) is 79.9 Å². The number of hydrogen-bond donors (Lipinski definition) is 2. The summed E-state index contributed by atoms with van der Waals surface area (Å²) in [6.45, 7) is 4.44. The quantitative estimate of drug-likeness (QED) is 0.653. The van der Waals surface area contributed by atoms with E-state index in [2.05, 4.69) is 19.2 Å². The second-order valence-electron chi connectivity index (χ2n) is 11.0. The summed E-state index contributed by atoms with van der Waals surface area (Å²) in [6.07, 6.45) is 7.40. The molecule has 1 aromatic carbocycles. The average Bonchev–Trinajstić information content (AvgIpc) is 3.11. The molecule has 3 aliphatic carbocycles. The lowest BCUT2D eigenvalue weighted by Crippen LogP contribution is -2.60. The molecule has 7 atom stereocenters. The third kappa shape index (κ3) is 2.94. The number of nitrogen functional groups attached to an aromatic ring is 1. The number of likely N-dealkylation sites (N-methyl/N-ethyl adjacent to an activating group) is 1. The fourth-order valence-corrected chi connectivity index (χ4v) is 8.09. The highest BCUT2D eigenvalue weighted by Crippen LogP contribution is 2.65. The zero-order valence-corrected chi connectivity index (χ0v) is 19.2. The van der Waals surface area contributed by atoms with Crippen LogP contribution in [-0.2, 0) is 9.59 Å². The summed E-state index contributed by atoms with van der Waals surface area (Å²) in [5.41, 5.74) is 6.92. The lowest BCUT2D eigenvalue weighted by molar-refractivity contribution is -0.144.